The van der Waals surface area contributed by atoms with Gasteiger partial charge in [0, 0.05) is 15.0 Å². The van der Waals surface area contributed by atoms with Crippen molar-refractivity contribution in [3.05, 3.63) is 100 Å². The number of rotatable bonds is 14. The Balaban J connectivity index is 1.42. The molecular weight excluding hydrogens is 748 g/mol. The van der Waals surface area contributed by atoms with E-state index in [9.17, 15) is 18.4 Å². The number of carbonyl (C=O) groups is 1. The highest BCUT2D eigenvalue weighted by atomic mass is 79.9. The quantitative estimate of drug-likeness (QED) is 0.0956. The first-order chi connectivity index (χ1) is 24.1. The number of halogens is 1. The van der Waals surface area contributed by atoms with Crippen LogP contribution in [0.4, 0.5) is 10.5 Å². The van der Waals surface area contributed by atoms with Gasteiger partial charge < -0.3 is 29.0 Å². The standard InChI is InChI=1S/C36H39BrN2O9S2/c1-44-29-19-24(32-14-15-33(49-32)25-20-30(45-2)35(47-4)31(21-25)46-3)18-28(38-36(40)39(41)22-23-8-6-5-7-9-23)34(29)48-16-17-50(42,43)27-12-10-26(37)11-13-27/h5-13,18-21,32-33,41H,14-17,22H2,1-4H3,(H,38,40). The van der Waals surface area contributed by atoms with Gasteiger partial charge in [-0.05, 0) is 78.1 Å². The average molecular weight is 788 g/mol. The Kier molecular flexibility index (Phi) is 12.4. The summed E-state index contributed by atoms with van der Waals surface area (Å²) in [6.07, 6.45) is 1.67. The number of methoxy groups -OCH3 is 4. The summed E-state index contributed by atoms with van der Waals surface area (Å²) in [4.78, 5) is 13.5. The van der Waals surface area contributed by atoms with E-state index in [1.807, 2.05) is 36.4 Å². The molecule has 1 aliphatic rings. The van der Waals surface area contributed by atoms with E-state index >= 15 is 0 Å². The topological polar surface area (TPSA) is 133 Å². The zero-order chi connectivity index (χ0) is 35.8. The third-order valence-electron chi connectivity index (χ3n) is 8.17. The van der Waals surface area contributed by atoms with Crippen molar-refractivity contribution < 1.29 is 42.1 Å². The van der Waals surface area contributed by atoms with Crippen LogP contribution in [-0.2, 0) is 16.4 Å². The molecule has 1 heterocycles. The van der Waals surface area contributed by atoms with Crippen LogP contribution in [-0.4, -0.2) is 65.5 Å². The SMILES string of the molecule is COc1cc(C2CCC(c3cc(OC)c(OC)c(OC)c3)S2)cc(NC(=O)N(O)Cc2ccccc2)c1OCCS(=O)(=O)c1ccc(Br)cc1. The summed E-state index contributed by atoms with van der Waals surface area (Å²) >= 11 is 5.07. The first-order valence-electron chi connectivity index (χ1n) is 15.7. The number of urea groups is 1. The van der Waals surface area contributed by atoms with Gasteiger partial charge in [0.05, 0.1) is 51.3 Å². The average Bonchev–Trinajstić information content (AvgIpc) is 3.62. The van der Waals surface area contributed by atoms with Crippen molar-refractivity contribution in [2.24, 2.45) is 0 Å². The lowest BCUT2D eigenvalue weighted by atomic mass is 10.0. The van der Waals surface area contributed by atoms with Crippen molar-refractivity contribution in [1.29, 1.82) is 0 Å². The highest BCUT2D eigenvalue weighted by Gasteiger charge is 2.31. The maximum Gasteiger partial charge on any atom is 0.345 e. The molecule has 1 fully saturated rings. The maximum absolute atomic E-state index is 13.3. The van der Waals surface area contributed by atoms with Gasteiger partial charge in [0.15, 0.2) is 32.8 Å². The van der Waals surface area contributed by atoms with E-state index in [0.29, 0.717) is 28.1 Å². The van der Waals surface area contributed by atoms with Crippen LogP contribution in [0, 0.1) is 0 Å². The van der Waals surface area contributed by atoms with Crippen LogP contribution in [0.5, 0.6) is 28.7 Å². The Hall–Kier alpha value is -4.11. The first kappa shape index (κ1) is 37.2. The number of sulfone groups is 1. The zero-order valence-electron chi connectivity index (χ0n) is 28.1. The molecule has 1 saturated heterocycles. The number of amides is 2. The lowest BCUT2D eigenvalue weighted by Gasteiger charge is -2.22. The Morgan fingerprint density at radius 1 is 0.840 bits per heavy atom. The van der Waals surface area contributed by atoms with Gasteiger partial charge in [0.25, 0.3) is 0 Å². The van der Waals surface area contributed by atoms with Crippen molar-refractivity contribution >= 4 is 49.2 Å². The zero-order valence-corrected chi connectivity index (χ0v) is 31.3. The van der Waals surface area contributed by atoms with Gasteiger partial charge in [-0.3, -0.25) is 5.21 Å². The number of hydroxylamine groups is 2. The Morgan fingerprint density at radius 3 is 1.96 bits per heavy atom. The second kappa shape index (κ2) is 16.7. The molecule has 2 amide bonds. The number of hydrogen-bond acceptors (Lipinski definition) is 10. The minimum absolute atomic E-state index is 0.00465. The number of carbonyl (C=O) groups excluding carboxylic acids is 1. The summed E-state index contributed by atoms with van der Waals surface area (Å²) in [7, 11) is 2.54. The second-order valence-corrected chi connectivity index (χ2v) is 15.8. The number of ether oxygens (including phenoxy) is 5. The minimum Gasteiger partial charge on any atom is -0.493 e. The van der Waals surface area contributed by atoms with E-state index in [1.165, 1.54) is 19.2 Å². The van der Waals surface area contributed by atoms with Gasteiger partial charge in [-0.25, -0.2) is 18.3 Å². The minimum atomic E-state index is -3.67. The molecule has 0 spiro atoms. The monoisotopic (exact) mass is 786 g/mol. The van der Waals surface area contributed by atoms with Crippen LogP contribution in [0.3, 0.4) is 0 Å². The predicted octanol–water partition coefficient (Wildman–Crippen LogP) is 8.07. The third kappa shape index (κ3) is 8.78. The fraction of sp³-hybridized carbons (Fsp3) is 0.306. The molecule has 2 unspecified atom stereocenters. The number of nitrogens with one attached hydrogen (secondary N) is 1. The van der Waals surface area contributed by atoms with Crippen molar-refractivity contribution in [1.82, 2.24) is 5.06 Å². The van der Waals surface area contributed by atoms with Crippen LogP contribution in [0.15, 0.2) is 88.2 Å². The van der Waals surface area contributed by atoms with Gasteiger partial charge >= 0.3 is 6.03 Å². The molecule has 0 radical (unpaired) electrons. The van der Waals surface area contributed by atoms with Crippen molar-refractivity contribution in [3.8, 4) is 28.7 Å². The number of benzene rings is 4. The lowest BCUT2D eigenvalue weighted by molar-refractivity contribution is -0.0449. The normalized spacial score (nSPS) is 15.6. The lowest BCUT2D eigenvalue weighted by Crippen LogP contribution is -2.31. The molecular formula is C36H39BrN2O9S2. The summed E-state index contributed by atoms with van der Waals surface area (Å²) in [6.45, 7) is -0.273. The van der Waals surface area contributed by atoms with Crippen LogP contribution in [0.2, 0.25) is 0 Å². The molecule has 4 aromatic carbocycles. The number of nitrogens with zero attached hydrogens (tertiary/aromatic N) is 1. The second-order valence-electron chi connectivity index (χ2n) is 11.3. The first-order valence-corrected chi connectivity index (χ1v) is 19.0. The van der Waals surface area contributed by atoms with E-state index in [0.717, 1.165) is 34.0 Å². The summed E-state index contributed by atoms with van der Waals surface area (Å²) in [5.41, 5.74) is 2.84. The third-order valence-corrected chi connectivity index (χ3v) is 12.1. The smallest absolute Gasteiger partial charge is 0.345 e. The highest BCUT2D eigenvalue weighted by Crippen LogP contribution is 2.56. The van der Waals surface area contributed by atoms with E-state index in [2.05, 4.69) is 21.2 Å². The van der Waals surface area contributed by atoms with Gasteiger partial charge in [-0.15, -0.1) is 11.8 Å². The molecule has 266 valence electrons. The number of thioether (sulfide) groups is 1. The molecule has 1 aliphatic heterocycles. The Labute approximate surface area is 304 Å². The van der Waals surface area contributed by atoms with Crippen LogP contribution in [0.25, 0.3) is 0 Å². The number of anilines is 1. The fourth-order valence-corrected chi connectivity index (χ4v) is 8.52. The van der Waals surface area contributed by atoms with Crippen LogP contribution >= 0.6 is 27.7 Å². The predicted molar refractivity (Wildman–Crippen MR) is 196 cm³/mol. The van der Waals surface area contributed by atoms with E-state index < -0.39 is 15.9 Å². The Bertz CT molecular complexity index is 1870. The largest absolute Gasteiger partial charge is 0.493 e. The number of hydrogen-bond donors (Lipinski definition) is 2. The van der Waals surface area contributed by atoms with Gasteiger partial charge in [-0.1, -0.05) is 46.3 Å². The van der Waals surface area contributed by atoms with Gasteiger partial charge in [0.2, 0.25) is 5.75 Å². The molecule has 2 N–H and O–H groups in total. The summed E-state index contributed by atoms with van der Waals surface area (Å²) < 4.78 is 55.3. The molecule has 0 bridgehead atoms. The molecule has 0 saturated carbocycles. The van der Waals surface area contributed by atoms with E-state index in [4.69, 9.17) is 23.7 Å². The van der Waals surface area contributed by atoms with Gasteiger partial charge in [-0.2, -0.15) is 0 Å². The van der Waals surface area contributed by atoms with Crippen molar-refractivity contribution in [3.63, 3.8) is 0 Å². The summed E-state index contributed by atoms with van der Waals surface area (Å²) in [5.74, 6) is 1.81. The molecule has 2 atom stereocenters. The summed E-state index contributed by atoms with van der Waals surface area (Å²) in [6, 6.07) is 22.2. The molecule has 0 aromatic heterocycles. The highest BCUT2D eigenvalue weighted by molar-refractivity contribution is 9.10. The fourth-order valence-electron chi connectivity index (χ4n) is 5.64. The van der Waals surface area contributed by atoms with E-state index in [1.54, 1.807) is 63.4 Å². The van der Waals surface area contributed by atoms with E-state index in [-0.39, 0.29) is 45.7 Å². The van der Waals surface area contributed by atoms with Crippen LogP contribution < -0.4 is 29.0 Å². The maximum atomic E-state index is 13.3. The Morgan fingerprint density at radius 2 is 1.40 bits per heavy atom. The molecule has 0 aliphatic carbocycles. The van der Waals surface area contributed by atoms with Crippen LogP contribution in [0.1, 0.15) is 40.0 Å². The van der Waals surface area contributed by atoms with Gasteiger partial charge in [0.1, 0.15) is 6.61 Å². The molecule has 14 heteroatoms. The molecule has 50 heavy (non-hydrogen) atoms. The molecule has 5 rings (SSSR count). The molecule has 4 aromatic rings. The van der Waals surface area contributed by atoms with Crippen molar-refractivity contribution in [2.45, 2.75) is 34.8 Å². The molecule has 11 nitrogen and oxygen atoms in total. The van der Waals surface area contributed by atoms with Crippen molar-refractivity contribution in [2.75, 3.05) is 46.1 Å². The summed E-state index contributed by atoms with van der Waals surface area (Å²) in [5, 5.41) is 14.1.